The fourth-order valence-electron chi connectivity index (χ4n) is 3.06. The van der Waals surface area contributed by atoms with Crippen molar-refractivity contribution in [2.45, 2.75) is 32.2 Å². The zero-order valence-electron chi connectivity index (χ0n) is 13.6. The lowest BCUT2D eigenvalue weighted by Gasteiger charge is -2.32. The Balaban J connectivity index is 2.05. The molecule has 0 radical (unpaired) electrons. The number of aryl methyl sites for hydroxylation is 2. The van der Waals surface area contributed by atoms with Crippen molar-refractivity contribution >= 4 is 10.0 Å². The van der Waals surface area contributed by atoms with Gasteiger partial charge in [-0.1, -0.05) is 6.42 Å². The van der Waals surface area contributed by atoms with E-state index in [0.717, 1.165) is 36.3 Å². The topological polar surface area (TPSA) is 81.0 Å². The van der Waals surface area contributed by atoms with Crippen LogP contribution in [0.3, 0.4) is 0 Å². The largest absolute Gasteiger partial charge is 0.266 e. The van der Waals surface area contributed by atoms with E-state index in [1.165, 1.54) is 10.6 Å². The van der Waals surface area contributed by atoms with Gasteiger partial charge < -0.3 is 0 Å². The number of nitrogens with zero attached hydrogens (tertiary/aromatic N) is 5. The summed E-state index contributed by atoms with van der Waals surface area (Å²) in [7, 11) is -1.42. The maximum absolute atomic E-state index is 12.1. The molecule has 3 heterocycles. The van der Waals surface area contributed by atoms with E-state index in [4.69, 9.17) is 0 Å². The van der Waals surface area contributed by atoms with Crippen molar-refractivity contribution in [3.63, 3.8) is 0 Å². The molecule has 2 aromatic heterocycles. The van der Waals surface area contributed by atoms with E-state index in [0.29, 0.717) is 12.4 Å². The standard InChI is InChI=1S/C15H21N5O2S/c1-11-10-12(13-7-8-16-19(13)2)18-15(17-11)14-6-4-5-9-20(14)23(3,21)22/h7-8,10,14H,4-6,9H2,1-3H3/t14-/m1/s1. The van der Waals surface area contributed by atoms with Crippen LogP contribution in [0, 0.1) is 6.92 Å². The van der Waals surface area contributed by atoms with Crippen LogP contribution in [0.15, 0.2) is 18.3 Å². The Bertz CT molecular complexity index is 815. The Morgan fingerprint density at radius 3 is 2.70 bits per heavy atom. The first kappa shape index (κ1) is 16.1. The van der Waals surface area contributed by atoms with Crippen LogP contribution in [0.2, 0.25) is 0 Å². The fourth-order valence-corrected chi connectivity index (χ4v) is 4.18. The molecule has 0 N–H and O–H groups in total. The molecule has 8 heteroatoms. The molecule has 1 fully saturated rings. The SMILES string of the molecule is Cc1cc(-c2ccnn2C)nc([C@H]2CCCCN2S(C)(=O)=O)n1. The van der Waals surface area contributed by atoms with E-state index in [-0.39, 0.29) is 6.04 Å². The molecule has 1 atom stereocenters. The normalized spacial score (nSPS) is 19.9. The summed E-state index contributed by atoms with van der Waals surface area (Å²) in [6, 6.07) is 3.50. The van der Waals surface area contributed by atoms with Crippen molar-refractivity contribution in [1.82, 2.24) is 24.1 Å². The molecule has 23 heavy (non-hydrogen) atoms. The van der Waals surface area contributed by atoms with Gasteiger partial charge in [0.1, 0.15) is 5.82 Å². The van der Waals surface area contributed by atoms with Crippen LogP contribution in [0.1, 0.15) is 36.8 Å². The summed E-state index contributed by atoms with van der Waals surface area (Å²) >= 11 is 0. The molecule has 0 aromatic carbocycles. The third-order valence-corrected chi connectivity index (χ3v) is 5.42. The molecule has 0 unspecified atom stereocenters. The summed E-state index contributed by atoms with van der Waals surface area (Å²) in [5.74, 6) is 0.575. The summed E-state index contributed by atoms with van der Waals surface area (Å²) in [6.45, 7) is 2.43. The Morgan fingerprint density at radius 1 is 1.26 bits per heavy atom. The molecule has 3 rings (SSSR count). The van der Waals surface area contributed by atoms with E-state index >= 15 is 0 Å². The van der Waals surface area contributed by atoms with Crippen molar-refractivity contribution in [3.05, 3.63) is 29.8 Å². The molecule has 124 valence electrons. The van der Waals surface area contributed by atoms with Crippen molar-refractivity contribution in [1.29, 1.82) is 0 Å². The van der Waals surface area contributed by atoms with E-state index in [1.54, 1.807) is 10.9 Å². The lowest BCUT2D eigenvalue weighted by Crippen LogP contribution is -2.38. The second-order valence-electron chi connectivity index (χ2n) is 5.98. The predicted molar refractivity (Wildman–Crippen MR) is 87.1 cm³/mol. The van der Waals surface area contributed by atoms with Gasteiger partial charge in [0, 0.05) is 25.5 Å². The van der Waals surface area contributed by atoms with Gasteiger partial charge >= 0.3 is 0 Å². The van der Waals surface area contributed by atoms with Gasteiger partial charge in [0.25, 0.3) is 0 Å². The first-order valence-corrected chi connectivity index (χ1v) is 9.52. The zero-order valence-corrected chi connectivity index (χ0v) is 14.4. The van der Waals surface area contributed by atoms with Crippen LogP contribution in [-0.2, 0) is 17.1 Å². The number of sulfonamides is 1. The molecular formula is C15H21N5O2S. The number of piperidine rings is 1. The van der Waals surface area contributed by atoms with Gasteiger partial charge in [-0.3, -0.25) is 4.68 Å². The summed E-state index contributed by atoms with van der Waals surface area (Å²) in [6.07, 6.45) is 5.58. The van der Waals surface area contributed by atoms with Crippen molar-refractivity contribution in [2.75, 3.05) is 12.8 Å². The number of rotatable bonds is 3. The molecular weight excluding hydrogens is 314 g/mol. The summed E-state index contributed by atoms with van der Waals surface area (Å²) in [5, 5.41) is 4.17. The van der Waals surface area contributed by atoms with Crippen LogP contribution >= 0.6 is 0 Å². The highest BCUT2D eigenvalue weighted by molar-refractivity contribution is 7.88. The van der Waals surface area contributed by atoms with Gasteiger partial charge in [-0.25, -0.2) is 18.4 Å². The Hall–Kier alpha value is -1.80. The maximum Gasteiger partial charge on any atom is 0.211 e. The van der Waals surface area contributed by atoms with Crippen LogP contribution in [0.25, 0.3) is 11.4 Å². The molecule has 0 saturated carbocycles. The molecule has 1 aliphatic heterocycles. The highest BCUT2D eigenvalue weighted by Gasteiger charge is 2.32. The van der Waals surface area contributed by atoms with Gasteiger partial charge in [0.05, 0.1) is 23.7 Å². The van der Waals surface area contributed by atoms with Crippen LogP contribution in [-0.4, -0.2) is 45.3 Å². The Morgan fingerprint density at radius 2 is 2.04 bits per heavy atom. The summed E-state index contributed by atoms with van der Waals surface area (Å²) in [5.41, 5.74) is 2.48. The van der Waals surface area contributed by atoms with Gasteiger partial charge in [0.15, 0.2) is 0 Å². The third kappa shape index (κ3) is 3.28. The predicted octanol–water partition coefficient (Wildman–Crippen LogP) is 1.67. The number of aromatic nitrogens is 4. The maximum atomic E-state index is 12.1. The highest BCUT2D eigenvalue weighted by Crippen LogP contribution is 2.32. The quantitative estimate of drug-likeness (QED) is 0.852. The van der Waals surface area contributed by atoms with Crippen molar-refractivity contribution in [2.24, 2.45) is 7.05 Å². The average molecular weight is 335 g/mol. The molecule has 2 aromatic rings. The first-order chi connectivity index (χ1) is 10.9. The van der Waals surface area contributed by atoms with Crippen LogP contribution in [0.5, 0.6) is 0 Å². The second-order valence-corrected chi connectivity index (χ2v) is 7.91. The van der Waals surface area contributed by atoms with Crippen molar-refractivity contribution in [3.8, 4) is 11.4 Å². The van der Waals surface area contributed by atoms with E-state index < -0.39 is 10.0 Å². The van der Waals surface area contributed by atoms with Gasteiger partial charge in [0.2, 0.25) is 10.0 Å². The minimum atomic E-state index is -3.28. The van der Waals surface area contributed by atoms with Crippen LogP contribution < -0.4 is 0 Å². The first-order valence-electron chi connectivity index (χ1n) is 7.67. The molecule has 1 saturated heterocycles. The molecule has 0 bridgehead atoms. The third-order valence-electron chi connectivity index (χ3n) is 4.13. The molecule has 1 aliphatic rings. The minimum Gasteiger partial charge on any atom is -0.266 e. The Labute approximate surface area is 136 Å². The van der Waals surface area contributed by atoms with E-state index in [9.17, 15) is 8.42 Å². The van der Waals surface area contributed by atoms with Crippen molar-refractivity contribution < 1.29 is 8.42 Å². The number of hydrogen-bond acceptors (Lipinski definition) is 5. The van der Waals surface area contributed by atoms with E-state index in [2.05, 4.69) is 15.1 Å². The average Bonchev–Trinajstić information content (AvgIpc) is 2.92. The monoisotopic (exact) mass is 335 g/mol. The Kier molecular flexibility index (Phi) is 4.20. The fraction of sp³-hybridized carbons (Fsp3) is 0.533. The molecule has 0 amide bonds. The second kappa shape index (κ2) is 6.01. The van der Waals surface area contributed by atoms with Gasteiger partial charge in [-0.05, 0) is 31.9 Å². The molecule has 7 nitrogen and oxygen atoms in total. The lowest BCUT2D eigenvalue weighted by atomic mass is 10.0. The van der Waals surface area contributed by atoms with E-state index in [1.807, 2.05) is 26.1 Å². The van der Waals surface area contributed by atoms with Gasteiger partial charge in [-0.15, -0.1) is 0 Å². The van der Waals surface area contributed by atoms with Crippen LogP contribution in [0.4, 0.5) is 0 Å². The minimum absolute atomic E-state index is 0.286. The summed E-state index contributed by atoms with van der Waals surface area (Å²) < 4.78 is 27.4. The zero-order chi connectivity index (χ0) is 16.6. The smallest absolute Gasteiger partial charge is 0.211 e. The highest BCUT2D eigenvalue weighted by atomic mass is 32.2. The lowest BCUT2D eigenvalue weighted by molar-refractivity contribution is 0.248. The number of hydrogen-bond donors (Lipinski definition) is 0. The van der Waals surface area contributed by atoms with Gasteiger partial charge in [-0.2, -0.15) is 9.40 Å². The molecule has 0 aliphatic carbocycles. The molecule has 0 spiro atoms. The summed E-state index contributed by atoms with van der Waals surface area (Å²) in [4.78, 5) is 9.16.